The van der Waals surface area contributed by atoms with Gasteiger partial charge in [-0.05, 0) is 46.0 Å². The summed E-state index contributed by atoms with van der Waals surface area (Å²) in [6.45, 7) is 0. The lowest BCUT2D eigenvalue weighted by atomic mass is 9.65. The van der Waals surface area contributed by atoms with Gasteiger partial charge in [0.1, 0.15) is 11.5 Å². The zero-order chi connectivity index (χ0) is 29.5. The number of H-pyrrole nitrogens is 1. The molecule has 3 heteroatoms. The van der Waals surface area contributed by atoms with E-state index in [0.29, 0.717) is 0 Å². The predicted molar refractivity (Wildman–Crippen MR) is 182 cm³/mol. The van der Waals surface area contributed by atoms with Crippen molar-refractivity contribution in [2.45, 2.75) is 5.41 Å². The molecule has 0 atom stereocenters. The lowest BCUT2D eigenvalue weighted by molar-refractivity contribution is 0.438. The molecule has 10 rings (SSSR count). The number of para-hydroxylation sites is 2. The molecule has 3 nitrogen and oxygen atoms in total. The quantitative estimate of drug-likeness (QED) is 0.223. The van der Waals surface area contributed by atoms with Gasteiger partial charge in [-0.3, -0.25) is 0 Å². The van der Waals surface area contributed by atoms with Crippen LogP contribution >= 0.6 is 0 Å². The molecule has 210 valence electrons. The van der Waals surface area contributed by atoms with Crippen LogP contribution in [-0.4, -0.2) is 9.97 Å². The summed E-state index contributed by atoms with van der Waals surface area (Å²) >= 11 is 0. The van der Waals surface area contributed by atoms with Crippen molar-refractivity contribution < 1.29 is 4.74 Å². The Morgan fingerprint density at radius 2 is 1.11 bits per heavy atom. The third-order valence-electron chi connectivity index (χ3n) is 9.75. The number of aromatic amines is 1. The summed E-state index contributed by atoms with van der Waals surface area (Å²) in [5.41, 5.74) is 13.3. The fourth-order valence-corrected chi connectivity index (χ4v) is 7.80. The van der Waals surface area contributed by atoms with Crippen molar-refractivity contribution in [2.24, 2.45) is 0 Å². The van der Waals surface area contributed by atoms with Crippen molar-refractivity contribution in [2.75, 3.05) is 0 Å². The highest BCUT2D eigenvalue weighted by atomic mass is 16.5. The van der Waals surface area contributed by atoms with E-state index in [-0.39, 0.29) is 0 Å². The summed E-state index contributed by atoms with van der Waals surface area (Å²) in [4.78, 5) is 8.44. The van der Waals surface area contributed by atoms with Gasteiger partial charge in [-0.25, -0.2) is 4.98 Å². The van der Waals surface area contributed by atoms with Crippen LogP contribution in [0.2, 0.25) is 0 Å². The van der Waals surface area contributed by atoms with E-state index in [1.807, 2.05) is 6.20 Å². The molecule has 1 spiro atoms. The average molecular weight is 575 g/mol. The molecule has 45 heavy (non-hydrogen) atoms. The van der Waals surface area contributed by atoms with Gasteiger partial charge in [0.25, 0.3) is 0 Å². The zero-order valence-electron chi connectivity index (χ0n) is 24.3. The van der Waals surface area contributed by atoms with E-state index in [2.05, 4.69) is 151 Å². The summed E-state index contributed by atoms with van der Waals surface area (Å²) in [6.07, 6.45) is 1.97. The first kappa shape index (κ1) is 24.5. The Bertz CT molecular complexity index is 2420. The van der Waals surface area contributed by atoms with Crippen molar-refractivity contribution in [3.8, 4) is 45.0 Å². The lowest BCUT2D eigenvalue weighted by Crippen LogP contribution is -2.32. The third kappa shape index (κ3) is 3.27. The second kappa shape index (κ2) is 9.04. The Labute approximate surface area is 260 Å². The van der Waals surface area contributed by atoms with E-state index in [9.17, 15) is 0 Å². The maximum Gasteiger partial charge on any atom is 0.140 e. The van der Waals surface area contributed by atoms with Crippen LogP contribution in [0.25, 0.3) is 55.3 Å². The van der Waals surface area contributed by atoms with Gasteiger partial charge in [-0.15, -0.1) is 0 Å². The van der Waals surface area contributed by atoms with Crippen LogP contribution in [0.5, 0.6) is 11.5 Å². The normalized spacial score (nSPS) is 13.7. The molecule has 0 radical (unpaired) electrons. The van der Waals surface area contributed by atoms with E-state index >= 15 is 0 Å². The zero-order valence-corrected chi connectivity index (χ0v) is 24.3. The number of pyridine rings is 1. The number of aromatic nitrogens is 2. The van der Waals surface area contributed by atoms with Crippen LogP contribution in [0.3, 0.4) is 0 Å². The van der Waals surface area contributed by atoms with Gasteiger partial charge in [0, 0.05) is 39.2 Å². The van der Waals surface area contributed by atoms with Crippen LogP contribution in [0.4, 0.5) is 0 Å². The van der Waals surface area contributed by atoms with Crippen molar-refractivity contribution in [1.29, 1.82) is 0 Å². The first-order valence-corrected chi connectivity index (χ1v) is 15.4. The van der Waals surface area contributed by atoms with Crippen LogP contribution in [0.15, 0.2) is 152 Å². The molecule has 6 aromatic carbocycles. The number of hydrogen-bond acceptors (Lipinski definition) is 2. The van der Waals surface area contributed by atoms with Gasteiger partial charge in [0.2, 0.25) is 0 Å². The molecule has 0 saturated carbocycles. The first-order chi connectivity index (χ1) is 22.3. The van der Waals surface area contributed by atoms with Gasteiger partial charge < -0.3 is 9.72 Å². The number of rotatable bonds is 2. The highest BCUT2D eigenvalue weighted by Crippen LogP contribution is 2.63. The molecule has 8 aromatic rings. The smallest absolute Gasteiger partial charge is 0.140 e. The predicted octanol–water partition coefficient (Wildman–Crippen LogP) is 10.5. The molecule has 0 bridgehead atoms. The number of hydrogen-bond donors (Lipinski definition) is 1. The van der Waals surface area contributed by atoms with E-state index in [4.69, 9.17) is 9.72 Å². The maximum atomic E-state index is 6.86. The standard InChI is InChI=1S/C42H26N2O/c1-3-11-33-31(8-1)32-9-2-4-12-34(32)42(33)35-13-5-6-15-38(35)45-41-30(10-7-14-36(41)42)26-16-18-27(19-17-26)37-23-22-28-20-21-29-24-25-43-39(29)40(28)44-37/h1-25,43H. The molecule has 0 fully saturated rings. The molecule has 3 heterocycles. The Morgan fingerprint density at radius 1 is 0.489 bits per heavy atom. The summed E-state index contributed by atoms with van der Waals surface area (Å²) in [5.74, 6) is 1.81. The molecule has 0 unspecified atom stereocenters. The fourth-order valence-electron chi connectivity index (χ4n) is 7.80. The summed E-state index contributed by atoms with van der Waals surface area (Å²) < 4.78 is 6.86. The van der Waals surface area contributed by atoms with E-state index in [1.54, 1.807) is 0 Å². The van der Waals surface area contributed by atoms with Gasteiger partial charge in [0.15, 0.2) is 0 Å². The summed E-state index contributed by atoms with van der Waals surface area (Å²) in [7, 11) is 0. The molecule has 1 N–H and O–H groups in total. The number of nitrogens with one attached hydrogen (secondary N) is 1. The van der Waals surface area contributed by atoms with E-state index in [0.717, 1.165) is 50.3 Å². The van der Waals surface area contributed by atoms with Gasteiger partial charge in [0.05, 0.1) is 22.1 Å². The minimum absolute atomic E-state index is 0.467. The number of ether oxygens (including phenoxy) is 1. The Kier molecular flexibility index (Phi) is 4.92. The van der Waals surface area contributed by atoms with Crippen LogP contribution < -0.4 is 4.74 Å². The van der Waals surface area contributed by atoms with Crippen molar-refractivity contribution in [3.05, 3.63) is 174 Å². The minimum Gasteiger partial charge on any atom is -0.456 e. The molecule has 0 amide bonds. The molecule has 2 aliphatic rings. The largest absolute Gasteiger partial charge is 0.456 e. The maximum absolute atomic E-state index is 6.86. The second-order valence-electron chi connectivity index (χ2n) is 12.0. The fraction of sp³-hybridized carbons (Fsp3) is 0.0238. The van der Waals surface area contributed by atoms with E-state index < -0.39 is 5.41 Å². The Balaban J connectivity index is 1.15. The number of benzene rings is 6. The SMILES string of the molecule is c1ccc2c(c1)Oc1c(-c3ccc(-c4ccc5ccc6cc[nH]c6c5n4)cc3)cccc1C21c2ccccc2-c2ccccc21. The van der Waals surface area contributed by atoms with E-state index in [1.165, 1.54) is 38.8 Å². The minimum atomic E-state index is -0.467. The highest BCUT2D eigenvalue weighted by molar-refractivity contribution is 6.03. The second-order valence-corrected chi connectivity index (χ2v) is 12.0. The lowest BCUT2D eigenvalue weighted by Gasteiger charge is -2.40. The first-order valence-electron chi connectivity index (χ1n) is 15.4. The third-order valence-corrected chi connectivity index (χ3v) is 9.75. The van der Waals surface area contributed by atoms with Crippen molar-refractivity contribution >= 4 is 21.8 Å². The number of nitrogens with zero attached hydrogens (tertiary/aromatic N) is 1. The Hall–Kier alpha value is -5.93. The Morgan fingerprint density at radius 3 is 1.91 bits per heavy atom. The molecule has 0 saturated heterocycles. The molecule has 2 aromatic heterocycles. The monoisotopic (exact) mass is 574 g/mol. The number of fused-ring (bicyclic) bond motifs is 12. The summed E-state index contributed by atoms with van der Waals surface area (Å²) in [5, 5.41) is 2.30. The summed E-state index contributed by atoms with van der Waals surface area (Å²) in [6, 6.07) is 52.2. The van der Waals surface area contributed by atoms with Gasteiger partial charge in [-0.2, -0.15) is 0 Å². The van der Waals surface area contributed by atoms with Crippen molar-refractivity contribution in [1.82, 2.24) is 9.97 Å². The molecule has 1 aliphatic carbocycles. The van der Waals surface area contributed by atoms with Crippen LogP contribution in [-0.2, 0) is 5.41 Å². The highest BCUT2D eigenvalue weighted by Gasteiger charge is 2.51. The van der Waals surface area contributed by atoms with Crippen LogP contribution in [0, 0.1) is 0 Å². The van der Waals surface area contributed by atoms with Crippen molar-refractivity contribution in [3.63, 3.8) is 0 Å². The molecular weight excluding hydrogens is 548 g/mol. The average Bonchev–Trinajstić information content (AvgIpc) is 3.71. The topological polar surface area (TPSA) is 37.9 Å². The molecular formula is C42H26N2O. The van der Waals surface area contributed by atoms with Gasteiger partial charge in [-0.1, -0.05) is 127 Å². The molecule has 1 aliphatic heterocycles. The van der Waals surface area contributed by atoms with Crippen LogP contribution in [0.1, 0.15) is 22.3 Å². The van der Waals surface area contributed by atoms with Gasteiger partial charge >= 0.3 is 0 Å².